The van der Waals surface area contributed by atoms with Gasteiger partial charge < -0.3 is 15.4 Å². The summed E-state index contributed by atoms with van der Waals surface area (Å²) >= 11 is 0. The minimum Gasteiger partial charge on any atom is -0.394 e. The van der Waals surface area contributed by atoms with E-state index in [-0.39, 0.29) is 12.1 Å². The molecular weight excluding hydrogens is 206 g/mol. The average molecular weight is 225 g/mol. The molecule has 0 atom stereocenters. The molecule has 0 spiro atoms. The minimum absolute atomic E-state index is 0.0396. The zero-order chi connectivity index (χ0) is 12.3. The number of nitrogens with two attached hydrogens (primary N) is 1. The van der Waals surface area contributed by atoms with Crippen LogP contribution in [-0.2, 0) is 0 Å². The van der Waals surface area contributed by atoms with Crippen LogP contribution >= 0.6 is 0 Å². The van der Waals surface area contributed by atoms with Gasteiger partial charge in [-0.2, -0.15) is 0 Å². The van der Waals surface area contributed by atoms with Crippen molar-refractivity contribution in [3.63, 3.8) is 0 Å². The molecule has 6 heteroatoms. The first kappa shape index (κ1) is 12.7. The van der Waals surface area contributed by atoms with E-state index >= 15 is 0 Å². The van der Waals surface area contributed by atoms with Crippen LogP contribution in [0.25, 0.3) is 0 Å². The molecule has 6 nitrogen and oxygen atoms in total. The van der Waals surface area contributed by atoms with Crippen molar-refractivity contribution >= 4 is 11.6 Å². The predicted octanol–water partition coefficient (Wildman–Crippen LogP) is 0.278. The van der Waals surface area contributed by atoms with E-state index in [9.17, 15) is 5.11 Å². The molecule has 0 aromatic carbocycles. The largest absolute Gasteiger partial charge is 0.394 e. The van der Waals surface area contributed by atoms with Crippen LogP contribution < -0.4 is 16.2 Å². The van der Waals surface area contributed by atoms with Gasteiger partial charge in [0.15, 0.2) is 0 Å². The first-order valence-corrected chi connectivity index (χ1v) is 5.07. The van der Waals surface area contributed by atoms with Crippen LogP contribution in [0.1, 0.15) is 19.7 Å². The Balaban J connectivity index is 3.08. The molecule has 16 heavy (non-hydrogen) atoms. The first-order chi connectivity index (χ1) is 7.40. The topological polar surface area (TPSA) is 87.3 Å². The van der Waals surface area contributed by atoms with Gasteiger partial charge in [-0.15, -0.1) is 0 Å². The lowest BCUT2D eigenvalue weighted by atomic mass is 10.1. The van der Waals surface area contributed by atoms with E-state index in [4.69, 9.17) is 5.84 Å². The second-order valence-electron chi connectivity index (χ2n) is 4.33. The van der Waals surface area contributed by atoms with E-state index in [2.05, 4.69) is 15.4 Å². The molecule has 4 N–H and O–H groups in total. The standard InChI is InChI=1S/C10H19N5O/c1-7-12-8(14-11)5-9(13-7)15(4)10(2,3)6-16/h5,16H,6,11H2,1-4H3,(H,12,13,14). The van der Waals surface area contributed by atoms with Gasteiger partial charge in [-0.25, -0.2) is 15.8 Å². The maximum absolute atomic E-state index is 9.30. The number of aryl methyl sites for hydroxylation is 1. The summed E-state index contributed by atoms with van der Waals surface area (Å²) < 4.78 is 0. The molecule has 0 saturated carbocycles. The van der Waals surface area contributed by atoms with Crippen molar-refractivity contribution in [2.24, 2.45) is 5.84 Å². The lowest BCUT2D eigenvalue weighted by molar-refractivity contribution is 0.215. The Morgan fingerprint density at radius 3 is 2.62 bits per heavy atom. The SMILES string of the molecule is Cc1nc(NN)cc(N(C)C(C)(C)CO)n1. The fraction of sp³-hybridized carbons (Fsp3) is 0.600. The Hall–Kier alpha value is -1.40. The van der Waals surface area contributed by atoms with E-state index in [1.807, 2.05) is 25.8 Å². The molecule has 1 heterocycles. The normalized spacial score (nSPS) is 11.4. The van der Waals surface area contributed by atoms with Crippen LogP contribution in [0.2, 0.25) is 0 Å². The number of nitrogens with zero attached hydrogens (tertiary/aromatic N) is 3. The molecular formula is C10H19N5O. The zero-order valence-electron chi connectivity index (χ0n) is 10.2. The first-order valence-electron chi connectivity index (χ1n) is 5.07. The predicted molar refractivity (Wildman–Crippen MR) is 64.1 cm³/mol. The maximum Gasteiger partial charge on any atom is 0.145 e. The lowest BCUT2D eigenvalue weighted by Gasteiger charge is -2.35. The number of aromatic nitrogens is 2. The van der Waals surface area contributed by atoms with Crippen LogP contribution in [0.5, 0.6) is 0 Å². The number of nitrogens with one attached hydrogen (secondary N) is 1. The number of likely N-dealkylation sites (N-methyl/N-ethyl adjacent to an activating group) is 1. The molecule has 1 aromatic rings. The van der Waals surface area contributed by atoms with E-state index < -0.39 is 0 Å². The Bertz CT molecular complexity index is 366. The van der Waals surface area contributed by atoms with Gasteiger partial charge in [0, 0.05) is 13.1 Å². The van der Waals surface area contributed by atoms with Gasteiger partial charge in [0.2, 0.25) is 0 Å². The van der Waals surface area contributed by atoms with Gasteiger partial charge in [-0.3, -0.25) is 0 Å². The zero-order valence-corrected chi connectivity index (χ0v) is 10.2. The van der Waals surface area contributed by atoms with Crippen molar-refractivity contribution in [3.05, 3.63) is 11.9 Å². The van der Waals surface area contributed by atoms with E-state index in [0.717, 1.165) is 5.82 Å². The fourth-order valence-electron chi connectivity index (χ4n) is 1.21. The molecule has 0 aliphatic carbocycles. The number of hydrazine groups is 1. The van der Waals surface area contributed by atoms with Crippen molar-refractivity contribution in [1.82, 2.24) is 9.97 Å². The van der Waals surface area contributed by atoms with E-state index in [1.54, 1.807) is 13.0 Å². The third kappa shape index (κ3) is 2.59. The Morgan fingerprint density at radius 1 is 1.50 bits per heavy atom. The highest BCUT2D eigenvalue weighted by Gasteiger charge is 2.24. The molecule has 0 unspecified atom stereocenters. The summed E-state index contributed by atoms with van der Waals surface area (Å²) in [6, 6.07) is 1.74. The van der Waals surface area contributed by atoms with Crippen molar-refractivity contribution in [3.8, 4) is 0 Å². The van der Waals surface area contributed by atoms with Crippen LogP contribution in [0.3, 0.4) is 0 Å². The Morgan fingerprint density at radius 2 is 2.12 bits per heavy atom. The summed E-state index contributed by atoms with van der Waals surface area (Å²) in [5.74, 6) is 7.23. The quantitative estimate of drug-likeness (QED) is 0.504. The second-order valence-corrected chi connectivity index (χ2v) is 4.33. The highest BCUT2D eigenvalue weighted by Crippen LogP contribution is 2.21. The number of aliphatic hydroxyl groups excluding tert-OH is 1. The highest BCUT2D eigenvalue weighted by atomic mass is 16.3. The smallest absolute Gasteiger partial charge is 0.145 e. The number of hydrogen-bond acceptors (Lipinski definition) is 6. The van der Waals surface area contributed by atoms with Crippen LogP contribution in [0.15, 0.2) is 6.07 Å². The summed E-state index contributed by atoms with van der Waals surface area (Å²) in [7, 11) is 1.87. The van der Waals surface area contributed by atoms with E-state index in [1.165, 1.54) is 0 Å². The number of rotatable bonds is 4. The molecule has 0 aliphatic rings. The summed E-state index contributed by atoms with van der Waals surface area (Å²) in [6.07, 6.45) is 0. The number of aliphatic hydroxyl groups is 1. The third-order valence-corrected chi connectivity index (χ3v) is 2.61. The van der Waals surface area contributed by atoms with Gasteiger partial charge in [-0.05, 0) is 20.8 Å². The fourth-order valence-corrected chi connectivity index (χ4v) is 1.21. The molecule has 0 bridgehead atoms. The third-order valence-electron chi connectivity index (χ3n) is 2.61. The summed E-state index contributed by atoms with van der Waals surface area (Å²) in [5, 5.41) is 9.30. The van der Waals surface area contributed by atoms with Gasteiger partial charge in [0.1, 0.15) is 17.5 Å². The molecule has 0 fully saturated rings. The molecule has 0 amide bonds. The van der Waals surface area contributed by atoms with Gasteiger partial charge in [0.25, 0.3) is 0 Å². The minimum atomic E-state index is -0.382. The molecule has 0 aliphatic heterocycles. The summed E-state index contributed by atoms with van der Waals surface area (Å²) in [5.41, 5.74) is 2.11. The van der Waals surface area contributed by atoms with Crippen LogP contribution in [0.4, 0.5) is 11.6 Å². The average Bonchev–Trinajstić information content (AvgIpc) is 2.27. The van der Waals surface area contributed by atoms with Crippen molar-refractivity contribution in [2.75, 3.05) is 24.0 Å². The molecule has 90 valence electrons. The van der Waals surface area contributed by atoms with E-state index in [0.29, 0.717) is 11.6 Å². The van der Waals surface area contributed by atoms with Crippen molar-refractivity contribution in [1.29, 1.82) is 0 Å². The molecule has 1 aromatic heterocycles. The Kier molecular flexibility index (Phi) is 3.66. The van der Waals surface area contributed by atoms with Crippen molar-refractivity contribution < 1.29 is 5.11 Å². The second kappa shape index (κ2) is 4.63. The summed E-state index contributed by atoms with van der Waals surface area (Å²) in [6.45, 7) is 5.70. The van der Waals surface area contributed by atoms with Gasteiger partial charge in [-0.1, -0.05) is 0 Å². The van der Waals surface area contributed by atoms with Crippen molar-refractivity contribution in [2.45, 2.75) is 26.3 Å². The highest BCUT2D eigenvalue weighted by molar-refractivity contribution is 5.49. The van der Waals surface area contributed by atoms with Crippen LogP contribution in [0, 0.1) is 6.92 Å². The monoisotopic (exact) mass is 225 g/mol. The summed E-state index contributed by atoms with van der Waals surface area (Å²) in [4.78, 5) is 10.3. The van der Waals surface area contributed by atoms with Gasteiger partial charge >= 0.3 is 0 Å². The molecule has 0 radical (unpaired) electrons. The number of anilines is 2. The lowest BCUT2D eigenvalue weighted by Crippen LogP contribution is -2.45. The van der Waals surface area contributed by atoms with Crippen LogP contribution in [-0.4, -0.2) is 34.3 Å². The molecule has 1 rings (SSSR count). The van der Waals surface area contributed by atoms with Gasteiger partial charge in [0.05, 0.1) is 12.1 Å². The Labute approximate surface area is 95.5 Å². The number of nitrogen functional groups attached to an aromatic ring is 1. The maximum atomic E-state index is 9.30. The number of hydrogen-bond donors (Lipinski definition) is 3. The molecule has 0 saturated heterocycles.